The van der Waals surface area contributed by atoms with Crippen molar-refractivity contribution in [3.63, 3.8) is 0 Å². The van der Waals surface area contributed by atoms with Gasteiger partial charge in [0.15, 0.2) is 6.29 Å². The van der Waals surface area contributed by atoms with Gasteiger partial charge in [-0.3, -0.25) is 4.79 Å². The Morgan fingerprint density at radius 1 is 0.500 bits per heavy atom. The molecule has 386 valence electrons. The SMILES string of the molecule is CCCCCC/C=C/CC/C=C/CC/C=C/C(O)C(COC1OC(CO)C(O)C(O)C1O)NC(=O)CCCCCCCCCCCCCCCCCCC/C=C\CCCCCCCCCC. The Morgan fingerprint density at radius 3 is 1.29 bits per heavy atom. The Kier molecular flexibility index (Phi) is 44.1. The lowest BCUT2D eigenvalue weighted by Gasteiger charge is -2.40. The molecular weight excluding hydrogens is 827 g/mol. The third kappa shape index (κ3) is 36.2. The van der Waals surface area contributed by atoms with Crippen LogP contribution in [0.2, 0.25) is 0 Å². The Labute approximate surface area is 405 Å². The fourth-order valence-corrected chi connectivity index (χ4v) is 8.65. The van der Waals surface area contributed by atoms with E-state index >= 15 is 0 Å². The van der Waals surface area contributed by atoms with Crippen molar-refractivity contribution < 1.29 is 39.8 Å². The zero-order valence-electron chi connectivity index (χ0n) is 42.7. The summed E-state index contributed by atoms with van der Waals surface area (Å²) in [7, 11) is 0. The number of rotatable bonds is 47. The maximum absolute atomic E-state index is 13.0. The smallest absolute Gasteiger partial charge is 0.220 e. The van der Waals surface area contributed by atoms with Gasteiger partial charge in [0, 0.05) is 6.42 Å². The van der Waals surface area contributed by atoms with Gasteiger partial charge in [-0.1, -0.05) is 223 Å². The monoisotopic (exact) mass is 932 g/mol. The number of hydrogen-bond donors (Lipinski definition) is 6. The van der Waals surface area contributed by atoms with Crippen molar-refractivity contribution >= 4 is 5.91 Å². The molecule has 1 saturated heterocycles. The number of aliphatic hydroxyl groups excluding tert-OH is 5. The van der Waals surface area contributed by atoms with Crippen LogP contribution in [0.1, 0.15) is 251 Å². The average Bonchev–Trinajstić information content (AvgIpc) is 3.32. The lowest BCUT2D eigenvalue weighted by molar-refractivity contribution is -0.302. The number of allylic oxidation sites excluding steroid dienone is 7. The highest BCUT2D eigenvalue weighted by Gasteiger charge is 2.44. The maximum atomic E-state index is 13.0. The summed E-state index contributed by atoms with van der Waals surface area (Å²) >= 11 is 0. The van der Waals surface area contributed by atoms with E-state index in [1.807, 2.05) is 6.08 Å². The second-order valence-corrected chi connectivity index (χ2v) is 19.4. The third-order valence-corrected chi connectivity index (χ3v) is 13.1. The number of ether oxygens (including phenoxy) is 2. The van der Waals surface area contributed by atoms with E-state index in [2.05, 4.69) is 55.6 Å². The fraction of sp³-hybridized carbons (Fsp3) is 0.842. The third-order valence-electron chi connectivity index (χ3n) is 13.1. The fourth-order valence-electron chi connectivity index (χ4n) is 8.65. The zero-order chi connectivity index (χ0) is 48.0. The Bertz CT molecular complexity index is 1170. The first-order valence-electron chi connectivity index (χ1n) is 27.9. The van der Waals surface area contributed by atoms with E-state index in [9.17, 15) is 30.3 Å². The molecule has 1 aliphatic rings. The number of amides is 1. The molecule has 7 atom stereocenters. The van der Waals surface area contributed by atoms with Gasteiger partial charge >= 0.3 is 0 Å². The van der Waals surface area contributed by atoms with Gasteiger partial charge in [0.2, 0.25) is 5.91 Å². The van der Waals surface area contributed by atoms with Crippen LogP contribution in [0.4, 0.5) is 0 Å². The molecule has 0 saturated carbocycles. The minimum Gasteiger partial charge on any atom is -0.394 e. The van der Waals surface area contributed by atoms with Crippen molar-refractivity contribution in [3.8, 4) is 0 Å². The number of carbonyl (C=O) groups is 1. The van der Waals surface area contributed by atoms with E-state index in [0.29, 0.717) is 6.42 Å². The second-order valence-electron chi connectivity index (χ2n) is 19.4. The number of nitrogens with one attached hydrogen (secondary N) is 1. The van der Waals surface area contributed by atoms with E-state index in [1.54, 1.807) is 6.08 Å². The van der Waals surface area contributed by atoms with Gasteiger partial charge in [-0.2, -0.15) is 0 Å². The molecule has 9 nitrogen and oxygen atoms in total. The van der Waals surface area contributed by atoms with Crippen molar-refractivity contribution in [1.82, 2.24) is 5.32 Å². The van der Waals surface area contributed by atoms with Crippen molar-refractivity contribution in [2.45, 2.75) is 294 Å². The summed E-state index contributed by atoms with van der Waals surface area (Å²) < 4.78 is 11.2. The first-order chi connectivity index (χ1) is 32.3. The Morgan fingerprint density at radius 2 is 0.864 bits per heavy atom. The van der Waals surface area contributed by atoms with Gasteiger partial charge in [-0.15, -0.1) is 0 Å². The van der Waals surface area contributed by atoms with E-state index in [-0.39, 0.29) is 12.5 Å². The second kappa shape index (κ2) is 46.9. The van der Waals surface area contributed by atoms with Crippen LogP contribution in [0, 0.1) is 0 Å². The van der Waals surface area contributed by atoms with Crippen LogP contribution in [0.3, 0.4) is 0 Å². The first-order valence-corrected chi connectivity index (χ1v) is 27.9. The van der Waals surface area contributed by atoms with Crippen LogP contribution >= 0.6 is 0 Å². The molecule has 1 aliphatic heterocycles. The van der Waals surface area contributed by atoms with E-state index in [0.717, 1.165) is 51.4 Å². The molecule has 0 aromatic rings. The van der Waals surface area contributed by atoms with Gasteiger partial charge in [-0.05, 0) is 70.6 Å². The quantitative estimate of drug-likeness (QED) is 0.0261. The largest absolute Gasteiger partial charge is 0.394 e. The summed E-state index contributed by atoms with van der Waals surface area (Å²) in [5.74, 6) is -0.189. The van der Waals surface area contributed by atoms with Crippen molar-refractivity contribution in [2.75, 3.05) is 13.2 Å². The van der Waals surface area contributed by atoms with Crippen LogP contribution in [-0.4, -0.2) is 87.5 Å². The molecule has 1 amide bonds. The summed E-state index contributed by atoms with van der Waals surface area (Å²) in [5.41, 5.74) is 0. The molecule has 1 fully saturated rings. The van der Waals surface area contributed by atoms with E-state index in [1.165, 1.54) is 180 Å². The van der Waals surface area contributed by atoms with E-state index < -0.39 is 49.5 Å². The summed E-state index contributed by atoms with van der Waals surface area (Å²) in [4.78, 5) is 13.0. The van der Waals surface area contributed by atoms with Gasteiger partial charge in [0.1, 0.15) is 24.4 Å². The lowest BCUT2D eigenvalue weighted by Crippen LogP contribution is -2.60. The predicted octanol–water partition coefficient (Wildman–Crippen LogP) is 13.3. The van der Waals surface area contributed by atoms with Gasteiger partial charge in [0.05, 0.1) is 25.4 Å². The highest BCUT2D eigenvalue weighted by molar-refractivity contribution is 5.76. The van der Waals surface area contributed by atoms with Gasteiger partial charge < -0.3 is 40.3 Å². The van der Waals surface area contributed by atoms with Crippen LogP contribution in [0.5, 0.6) is 0 Å². The summed E-state index contributed by atoms with van der Waals surface area (Å²) in [6.07, 6.45) is 54.7. The Hall–Kier alpha value is -1.85. The molecule has 0 aromatic heterocycles. The van der Waals surface area contributed by atoms with Crippen molar-refractivity contribution in [1.29, 1.82) is 0 Å². The number of aliphatic hydroxyl groups is 5. The predicted molar refractivity (Wildman–Crippen MR) is 276 cm³/mol. The molecule has 0 radical (unpaired) electrons. The average molecular weight is 932 g/mol. The molecule has 1 heterocycles. The lowest BCUT2D eigenvalue weighted by atomic mass is 9.99. The number of hydrogen-bond acceptors (Lipinski definition) is 8. The standard InChI is InChI=1S/C57H105NO8/c1-3-5-7-9-11-13-15-17-19-20-21-22-23-24-25-26-27-28-29-30-31-32-33-35-37-39-41-43-45-47-53(61)58-50(49-65-57-56(64)55(63)54(62)52(48-59)66-57)51(60)46-44-42-40-38-36-34-18-16-14-12-10-8-6-4-2/h14,16,20-21,36,38,44,46,50-52,54-57,59-60,62-64H,3-13,15,17-19,22-35,37,39-43,45,47-49H2,1-2H3,(H,58,61)/b16-14+,21-20-,38-36+,46-44+. The highest BCUT2D eigenvalue weighted by atomic mass is 16.7. The van der Waals surface area contributed by atoms with Crippen LogP contribution in [0.15, 0.2) is 48.6 Å². The highest BCUT2D eigenvalue weighted by Crippen LogP contribution is 2.23. The van der Waals surface area contributed by atoms with Gasteiger partial charge in [-0.25, -0.2) is 0 Å². The number of carbonyl (C=O) groups excluding carboxylic acids is 1. The van der Waals surface area contributed by atoms with Crippen molar-refractivity contribution in [3.05, 3.63) is 48.6 Å². The molecule has 0 bridgehead atoms. The minimum atomic E-state index is -1.57. The van der Waals surface area contributed by atoms with Crippen molar-refractivity contribution in [2.24, 2.45) is 0 Å². The molecule has 0 aliphatic carbocycles. The maximum Gasteiger partial charge on any atom is 0.220 e. The molecule has 7 unspecified atom stereocenters. The summed E-state index contributed by atoms with van der Waals surface area (Å²) in [6, 6.07) is -0.827. The summed E-state index contributed by atoms with van der Waals surface area (Å²) in [6.45, 7) is 3.74. The number of unbranched alkanes of at least 4 members (excludes halogenated alkanes) is 31. The Balaban J connectivity index is 2.18. The topological polar surface area (TPSA) is 149 Å². The van der Waals surface area contributed by atoms with Crippen LogP contribution < -0.4 is 5.32 Å². The molecule has 9 heteroatoms. The molecular formula is C57H105NO8. The zero-order valence-corrected chi connectivity index (χ0v) is 42.7. The molecule has 0 aromatic carbocycles. The molecule has 66 heavy (non-hydrogen) atoms. The molecule has 1 rings (SSSR count). The first kappa shape index (κ1) is 62.2. The minimum absolute atomic E-state index is 0.189. The van der Waals surface area contributed by atoms with Crippen LogP contribution in [0.25, 0.3) is 0 Å². The molecule has 6 N–H and O–H groups in total. The van der Waals surface area contributed by atoms with Gasteiger partial charge in [0.25, 0.3) is 0 Å². The molecule has 0 spiro atoms. The van der Waals surface area contributed by atoms with Crippen LogP contribution in [-0.2, 0) is 14.3 Å². The summed E-state index contributed by atoms with van der Waals surface area (Å²) in [5, 5.41) is 54.3. The van der Waals surface area contributed by atoms with E-state index in [4.69, 9.17) is 9.47 Å². The normalized spacial score (nSPS) is 20.1.